The van der Waals surface area contributed by atoms with Crippen LogP contribution in [-0.2, 0) is 0 Å². The second-order valence-corrected chi connectivity index (χ2v) is 7.21. The van der Waals surface area contributed by atoms with E-state index in [9.17, 15) is 0 Å². The molecule has 2 nitrogen and oxygen atoms in total. The van der Waals surface area contributed by atoms with Gasteiger partial charge >= 0.3 is 0 Å². The third-order valence-corrected chi connectivity index (χ3v) is 6.36. The molecule has 0 spiro atoms. The van der Waals surface area contributed by atoms with Crippen LogP contribution in [0.5, 0.6) is 0 Å². The number of benzene rings is 1. The number of thioether (sulfide) groups is 2. The molecule has 0 aliphatic carbocycles. The van der Waals surface area contributed by atoms with Gasteiger partial charge in [0, 0.05) is 40.1 Å². The van der Waals surface area contributed by atoms with Crippen molar-refractivity contribution in [1.29, 1.82) is 0 Å². The highest BCUT2D eigenvalue weighted by Gasteiger charge is 2.25. The van der Waals surface area contributed by atoms with Crippen LogP contribution in [0.15, 0.2) is 36.5 Å². The molecule has 4 heteroatoms. The Bertz CT molecular complexity index is 553. The number of nitrogens with zero attached hydrogens (tertiary/aromatic N) is 1. The van der Waals surface area contributed by atoms with Gasteiger partial charge in [-0.15, -0.1) is 0 Å². The first kappa shape index (κ1) is 13.3. The van der Waals surface area contributed by atoms with E-state index in [1.54, 1.807) is 0 Å². The Balaban J connectivity index is 1.91. The van der Waals surface area contributed by atoms with Gasteiger partial charge in [0.05, 0.1) is 5.52 Å². The summed E-state index contributed by atoms with van der Waals surface area (Å²) in [5.74, 6) is 3.77. The summed E-state index contributed by atoms with van der Waals surface area (Å²) in [6.45, 7) is 0. The van der Waals surface area contributed by atoms with E-state index in [1.807, 2.05) is 12.3 Å². The van der Waals surface area contributed by atoms with E-state index in [0.717, 1.165) is 5.52 Å². The molecule has 2 aromatic rings. The summed E-state index contributed by atoms with van der Waals surface area (Å²) < 4.78 is 0. The van der Waals surface area contributed by atoms with Crippen molar-refractivity contribution in [1.82, 2.24) is 10.3 Å². The second-order valence-electron chi connectivity index (χ2n) is 4.71. The molecule has 0 bridgehead atoms. The Labute approximate surface area is 122 Å². The van der Waals surface area contributed by atoms with Crippen molar-refractivity contribution in [2.45, 2.75) is 11.3 Å². The number of hydrogen-bond acceptors (Lipinski definition) is 4. The van der Waals surface area contributed by atoms with E-state index in [4.69, 9.17) is 0 Å². The van der Waals surface area contributed by atoms with Crippen LogP contribution in [-0.4, -0.2) is 34.5 Å². The third-order valence-electron chi connectivity index (χ3n) is 3.50. The Morgan fingerprint density at radius 1 is 1.32 bits per heavy atom. The normalized spacial score (nSPS) is 21.4. The van der Waals surface area contributed by atoms with Gasteiger partial charge in [0.2, 0.25) is 0 Å². The van der Waals surface area contributed by atoms with Crippen LogP contribution in [0, 0.1) is 0 Å². The number of fused-ring (bicyclic) bond motifs is 1. The minimum atomic E-state index is 0.398. The van der Waals surface area contributed by atoms with Gasteiger partial charge < -0.3 is 5.32 Å². The zero-order valence-electron chi connectivity index (χ0n) is 11.0. The third kappa shape index (κ3) is 2.91. The molecular formula is C15H18N2S2. The molecule has 0 amide bonds. The maximum Gasteiger partial charge on any atom is 0.0702 e. The SMILES string of the molecule is CNC(c1cnc2ccccc2c1)C1CSCCS1. The maximum absolute atomic E-state index is 4.59. The zero-order chi connectivity index (χ0) is 13.1. The highest BCUT2D eigenvalue weighted by atomic mass is 32.2. The van der Waals surface area contributed by atoms with E-state index >= 15 is 0 Å². The standard InChI is InChI=1S/C15H18N2S2/c1-16-15(14-10-18-6-7-19-14)12-8-11-4-2-3-5-13(11)17-9-12/h2-5,8-9,14-16H,6-7,10H2,1H3. The van der Waals surface area contributed by atoms with Gasteiger partial charge in [0.25, 0.3) is 0 Å². The van der Waals surface area contributed by atoms with Crippen LogP contribution < -0.4 is 5.32 Å². The van der Waals surface area contributed by atoms with Crippen molar-refractivity contribution in [3.05, 3.63) is 42.1 Å². The first-order valence-electron chi connectivity index (χ1n) is 6.60. The number of nitrogens with one attached hydrogen (secondary N) is 1. The topological polar surface area (TPSA) is 24.9 Å². The Kier molecular flexibility index (Phi) is 4.31. The van der Waals surface area contributed by atoms with E-state index in [0.29, 0.717) is 11.3 Å². The molecule has 100 valence electrons. The average Bonchev–Trinajstić information content (AvgIpc) is 2.49. The van der Waals surface area contributed by atoms with Crippen molar-refractivity contribution in [2.24, 2.45) is 0 Å². The monoisotopic (exact) mass is 290 g/mol. The van der Waals surface area contributed by atoms with Crippen molar-refractivity contribution in [2.75, 3.05) is 24.3 Å². The van der Waals surface area contributed by atoms with Crippen molar-refractivity contribution < 1.29 is 0 Å². The van der Waals surface area contributed by atoms with Crippen molar-refractivity contribution >= 4 is 34.4 Å². The maximum atomic E-state index is 4.59. The van der Waals surface area contributed by atoms with Gasteiger partial charge in [-0.3, -0.25) is 4.98 Å². The first-order valence-corrected chi connectivity index (χ1v) is 8.80. The number of pyridine rings is 1. The molecule has 1 aromatic carbocycles. The van der Waals surface area contributed by atoms with Gasteiger partial charge in [-0.2, -0.15) is 23.5 Å². The quantitative estimate of drug-likeness (QED) is 0.937. The molecular weight excluding hydrogens is 272 g/mol. The highest BCUT2D eigenvalue weighted by Crippen LogP contribution is 2.33. The van der Waals surface area contributed by atoms with Crippen LogP contribution in [0.25, 0.3) is 10.9 Å². The van der Waals surface area contributed by atoms with Crippen LogP contribution in [0.4, 0.5) is 0 Å². The number of aromatic nitrogens is 1. The van der Waals surface area contributed by atoms with E-state index < -0.39 is 0 Å². The van der Waals surface area contributed by atoms with Gasteiger partial charge in [-0.25, -0.2) is 0 Å². The second kappa shape index (κ2) is 6.16. The van der Waals surface area contributed by atoms with Crippen LogP contribution in [0.1, 0.15) is 11.6 Å². The fraction of sp³-hybridized carbons (Fsp3) is 0.400. The summed E-state index contributed by atoms with van der Waals surface area (Å²) in [6.07, 6.45) is 2.03. The lowest BCUT2D eigenvalue weighted by Crippen LogP contribution is -2.31. The van der Waals surface area contributed by atoms with Gasteiger partial charge in [-0.05, 0) is 24.7 Å². The molecule has 1 aliphatic rings. The number of hydrogen-bond donors (Lipinski definition) is 1. The molecule has 1 aromatic heterocycles. The fourth-order valence-corrected chi connectivity index (χ4v) is 5.43. The minimum Gasteiger partial charge on any atom is -0.312 e. The summed E-state index contributed by atoms with van der Waals surface area (Å²) in [4.78, 5) is 4.59. The highest BCUT2D eigenvalue weighted by molar-refractivity contribution is 8.06. The van der Waals surface area contributed by atoms with E-state index in [2.05, 4.69) is 65.1 Å². The van der Waals surface area contributed by atoms with Crippen LogP contribution in [0.3, 0.4) is 0 Å². The van der Waals surface area contributed by atoms with Crippen LogP contribution >= 0.6 is 23.5 Å². The summed E-state index contributed by atoms with van der Waals surface area (Å²) in [6, 6.07) is 11.0. The summed E-state index contributed by atoms with van der Waals surface area (Å²) >= 11 is 4.15. The molecule has 2 atom stereocenters. The molecule has 2 heterocycles. The fourth-order valence-electron chi connectivity index (χ4n) is 2.52. The minimum absolute atomic E-state index is 0.398. The summed E-state index contributed by atoms with van der Waals surface area (Å²) in [5.41, 5.74) is 2.38. The number of rotatable bonds is 3. The zero-order valence-corrected chi connectivity index (χ0v) is 12.6. The number of para-hydroxylation sites is 1. The smallest absolute Gasteiger partial charge is 0.0702 e. The molecule has 19 heavy (non-hydrogen) atoms. The molecule has 3 rings (SSSR count). The largest absolute Gasteiger partial charge is 0.312 e. The van der Waals surface area contributed by atoms with Gasteiger partial charge in [0.1, 0.15) is 0 Å². The molecule has 1 fully saturated rings. The van der Waals surface area contributed by atoms with Gasteiger partial charge in [0.15, 0.2) is 0 Å². The first-order chi connectivity index (χ1) is 9.38. The van der Waals surface area contributed by atoms with Crippen molar-refractivity contribution in [3.8, 4) is 0 Å². The lowest BCUT2D eigenvalue weighted by atomic mass is 10.0. The molecule has 1 N–H and O–H groups in total. The molecule has 0 radical (unpaired) electrons. The van der Waals surface area contributed by atoms with Crippen LogP contribution in [0.2, 0.25) is 0 Å². The predicted octanol–water partition coefficient (Wildman–Crippen LogP) is 3.34. The predicted molar refractivity (Wildman–Crippen MR) is 87.1 cm³/mol. The molecule has 2 unspecified atom stereocenters. The average molecular weight is 290 g/mol. The molecule has 1 aliphatic heterocycles. The Morgan fingerprint density at radius 2 is 2.21 bits per heavy atom. The van der Waals surface area contributed by atoms with E-state index in [-0.39, 0.29) is 0 Å². The Hall–Kier alpha value is -0.710. The van der Waals surface area contributed by atoms with Gasteiger partial charge in [-0.1, -0.05) is 18.2 Å². The Morgan fingerprint density at radius 3 is 3.00 bits per heavy atom. The summed E-state index contributed by atoms with van der Waals surface area (Å²) in [7, 11) is 2.06. The lowest BCUT2D eigenvalue weighted by Gasteiger charge is -2.29. The summed E-state index contributed by atoms with van der Waals surface area (Å²) in [5, 5.41) is 5.35. The van der Waals surface area contributed by atoms with Crippen molar-refractivity contribution in [3.63, 3.8) is 0 Å². The molecule has 1 saturated heterocycles. The lowest BCUT2D eigenvalue weighted by molar-refractivity contribution is 0.591. The van der Waals surface area contributed by atoms with E-state index in [1.165, 1.54) is 28.2 Å². The molecule has 0 saturated carbocycles.